The molecule has 1 aliphatic carbocycles. The van der Waals surface area contributed by atoms with Gasteiger partial charge in [0.1, 0.15) is 5.82 Å². The molecule has 0 bridgehead atoms. The summed E-state index contributed by atoms with van der Waals surface area (Å²) in [5, 5.41) is 6.36. The van der Waals surface area contributed by atoms with Crippen LogP contribution in [0.1, 0.15) is 43.0 Å². The van der Waals surface area contributed by atoms with Crippen LogP contribution in [0.3, 0.4) is 0 Å². The van der Waals surface area contributed by atoms with E-state index in [9.17, 15) is 9.18 Å². The molecular formula is C15H21FN2O. The minimum absolute atomic E-state index is 0.135. The van der Waals surface area contributed by atoms with Crippen LogP contribution in [-0.2, 0) is 0 Å². The third-order valence-corrected chi connectivity index (χ3v) is 3.67. The smallest absolute Gasteiger partial charge is 0.254 e. The number of benzene rings is 1. The fourth-order valence-electron chi connectivity index (χ4n) is 2.64. The zero-order chi connectivity index (χ0) is 13.7. The van der Waals surface area contributed by atoms with E-state index < -0.39 is 5.82 Å². The normalized spacial score (nSPS) is 23.1. The van der Waals surface area contributed by atoms with Crippen molar-refractivity contribution in [3.8, 4) is 0 Å². The summed E-state index contributed by atoms with van der Waals surface area (Å²) in [7, 11) is 0. The molecule has 1 aromatic rings. The Morgan fingerprint density at radius 1 is 1.21 bits per heavy atom. The molecular weight excluding hydrogens is 243 g/mol. The Hall–Kier alpha value is -1.42. The minimum Gasteiger partial charge on any atom is -0.349 e. The lowest BCUT2D eigenvalue weighted by molar-refractivity contribution is 0.0920. The highest BCUT2D eigenvalue weighted by atomic mass is 19.1. The first-order valence-corrected chi connectivity index (χ1v) is 6.99. The zero-order valence-corrected chi connectivity index (χ0v) is 11.3. The highest BCUT2D eigenvalue weighted by molar-refractivity contribution is 5.94. The van der Waals surface area contributed by atoms with E-state index in [2.05, 4.69) is 17.6 Å². The number of nitrogens with one attached hydrogen (secondary N) is 2. The van der Waals surface area contributed by atoms with Gasteiger partial charge in [0, 0.05) is 12.1 Å². The van der Waals surface area contributed by atoms with Crippen molar-refractivity contribution in [2.45, 2.75) is 44.7 Å². The van der Waals surface area contributed by atoms with Crippen molar-refractivity contribution in [1.82, 2.24) is 10.6 Å². The monoisotopic (exact) mass is 264 g/mol. The van der Waals surface area contributed by atoms with Crippen molar-refractivity contribution in [3.63, 3.8) is 0 Å². The van der Waals surface area contributed by atoms with E-state index in [-0.39, 0.29) is 17.5 Å². The van der Waals surface area contributed by atoms with Gasteiger partial charge in [-0.25, -0.2) is 4.39 Å². The second kappa shape index (κ2) is 6.66. The first-order valence-electron chi connectivity index (χ1n) is 6.99. The molecule has 1 amide bonds. The molecule has 3 nitrogen and oxygen atoms in total. The standard InChI is InChI=1S/C15H21FN2O/c1-2-17-11-7-9-12(10-8-11)18-15(19)13-5-3-4-6-14(13)16/h3-6,11-12,17H,2,7-10H2,1H3,(H,18,19). The molecule has 1 aromatic carbocycles. The topological polar surface area (TPSA) is 41.1 Å². The molecule has 19 heavy (non-hydrogen) atoms. The maximum atomic E-state index is 13.5. The minimum atomic E-state index is -0.457. The molecule has 0 saturated heterocycles. The average Bonchev–Trinajstić information content (AvgIpc) is 2.42. The second-order valence-electron chi connectivity index (χ2n) is 5.06. The lowest BCUT2D eigenvalue weighted by Crippen LogP contribution is -2.42. The molecule has 0 spiro atoms. The van der Waals surface area contributed by atoms with E-state index in [1.165, 1.54) is 12.1 Å². The van der Waals surface area contributed by atoms with Crippen LogP contribution in [0.2, 0.25) is 0 Å². The molecule has 2 N–H and O–H groups in total. The Labute approximate surface area is 113 Å². The lowest BCUT2D eigenvalue weighted by Gasteiger charge is -2.29. The van der Waals surface area contributed by atoms with Gasteiger partial charge in [-0.15, -0.1) is 0 Å². The number of hydrogen-bond acceptors (Lipinski definition) is 2. The predicted octanol–water partition coefficient (Wildman–Crippen LogP) is 2.48. The third kappa shape index (κ3) is 3.77. The summed E-state index contributed by atoms with van der Waals surface area (Å²) in [6.45, 7) is 3.09. The van der Waals surface area contributed by atoms with Crippen LogP contribution < -0.4 is 10.6 Å². The Morgan fingerprint density at radius 3 is 2.47 bits per heavy atom. The van der Waals surface area contributed by atoms with Gasteiger partial charge >= 0.3 is 0 Å². The van der Waals surface area contributed by atoms with Crippen LogP contribution >= 0.6 is 0 Å². The van der Waals surface area contributed by atoms with Crippen LogP contribution in [0.5, 0.6) is 0 Å². The first kappa shape index (κ1) is 14.0. The van der Waals surface area contributed by atoms with E-state index in [4.69, 9.17) is 0 Å². The predicted molar refractivity (Wildman–Crippen MR) is 73.6 cm³/mol. The molecule has 1 saturated carbocycles. The van der Waals surface area contributed by atoms with Gasteiger partial charge in [0.15, 0.2) is 0 Å². The van der Waals surface area contributed by atoms with Crippen LogP contribution in [0.15, 0.2) is 24.3 Å². The van der Waals surface area contributed by atoms with Crippen molar-refractivity contribution >= 4 is 5.91 Å². The molecule has 0 atom stereocenters. The van der Waals surface area contributed by atoms with Gasteiger partial charge in [-0.3, -0.25) is 4.79 Å². The Bertz CT molecular complexity index is 428. The van der Waals surface area contributed by atoms with Gasteiger partial charge in [0.25, 0.3) is 5.91 Å². The molecule has 1 fully saturated rings. The second-order valence-corrected chi connectivity index (χ2v) is 5.06. The van der Waals surface area contributed by atoms with Gasteiger partial charge in [-0.05, 0) is 44.4 Å². The highest BCUT2D eigenvalue weighted by Gasteiger charge is 2.22. The largest absolute Gasteiger partial charge is 0.349 e. The number of carbonyl (C=O) groups excluding carboxylic acids is 1. The van der Waals surface area contributed by atoms with E-state index in [1.54, 1.807) is 12.1 Å². The fourth-order valence-corrected chi connectivity index (χ4v) is 2.64. The van der Waals surface area contributed by atoms with Crippen LogP contribution in [0.25, 0.3) is 0 Å². The van der Waals surface area contributed by atoms with Gasteiger partial charge in [0.05, 0.1) is 5.56 Å². The number of rotatable bonds is 4. The van der Waals surface area contributed by atoms with Gasteiger partial charge in [0.2, 0.25) is 0 Å². The zero-order valence-electron chi connectivity index (χ0n) is 11.3. The summed E-state index contributed by atoms with van der Waals surface area (Å²) in [6.07, 6.45) is 4.04. The number of halogens is 1. The molecule has 0 unspecified atom stereocenters. The number of hydrogen-bond donors (Lipinski definition) is 2. The SMILES string of the molecule is CCNC1CCC(NC(=O)c2ccccc2F)CC1. The van der Waals surface area contributed by atoms with Gasteiger partial charge < -0.3 is 10.6 Å². The van der Waals surface area contributed by atoms with Crippen molar-refractivity contribution in [2.24, 2.45) is 0 Å². The van der Waals surface area contributed by atoms with E-state index in [1.807, 2.05) is 0 Å². The molecule has 4 heteroatoms. The van der Waals surface area contributed by atoms with Gasteiger partial charge in [-0.2, -0.15) is 0 Å². The Morgan fingerprint density at radius 2 is 1.84 bits per heavy atom. The van der Waals surface area contributed by atoms with E-state index in [0.717, 1.165) is 32.2 Å². The number of carbonyl (C=O) groups is 1. The molecule has 104 valence electrons. The summed E-state index contributed by atoms with van der Waals surface area (Å²) in [4.78, 5) is 12.0. The highest BCUT2D eigenvalue weighted by Crippen LogP contribution is 2.19. The quantitative estimate of drug-likeness (QED) is 0.877. The molecule has 0 radical (unpaired) electrons. The first-order chi connectivity index (χ1) is 9.20. The molecule has 0 heterocycles. The third-order valence-electron chi connectivity index (χ3n) is 3.67. The van der Waals surface area contributed by atoms with Crippen molar-refractivity contribution in [2.75, 3.05) is 6.54 Å². The van der Waals surface area contributed by atoms with E-state index >= 15 is 0 Å². The van der Waals surface area contributed by atoms with Crippen molar-refractivity contribution in [3.05, 3.63) is 35.6 Å². The maximum absolute atomic E-state index is 13.5. The summed E-state index contributed by atoms with van der Waals surface area (Å²) >= 11 is 0. The summed E-state index contributed by atoms with van der Waals surface area (Å²) in [5.74, 6) is -0.758. The lowest BCUT2D eigenvalue weighted by atomic mass is 9.91. The summed E-state index contributed by atoms with van der Waals surface area (Å²) < 4.78 is 13.5. The molecule has 2 rings (SSSR count). The average molecular weight is 264 g/mol. The summed E-state index contributed by atoms with van der Waals surface area (Å²) in [5.41, 5.74) is 0.135. The fraction of sp³-hybridized carbons (Fsp3) is 0.533. The van der Waals surface area contributed by atoms with Crippen molar-refractivity contribution in [1.29, 1.82) is 0 Å². The Kier molecular flexibility index (Phi) is 4.91. The molecule has 0 aromatic heterocycles. The maximum Gasteiger partial charge on any atom is 0.254 e. The number of amides is 1. The molecule has 0 aliphatic heterocycles. The van der Waals surface area contributed by atoms with E-state index in [0.29, 0.717) is 6.04 Å². The van der Waals surface area contributed by atoms with Crippen LogP contribution in [-0.4, -0.2) is 24.5 Å². The molecule has 1 aliphatic rings. The van der Waals surface area contributed by atoms with Crippen LogP contribution in [0.4, 0.5) is 4.39 Å². The Balaban J connectivity index is 1.86. The van der Waals surface area contributed by atoms with Crippen LogP contribution in [0, 0.1) is 5.82 Å². The van der Waals surface area contributed by atoms with Crippen molar-refractivity contribution < 1.29 is 9.18 Å². The summed E-state index contributed by atoms with van der Waals surface area (Å²) in [6, 6.07) is 6.84. The van der Waals surface area contributed by atoms with Gasteiger partial charge in [-0.1, -0.05) is 19.1 Å².